The molecule has 0 aliphatic rings. The monoisotopic (exact) mass is 562 g/mol. The molecule has 3 N–H and O–H groups in total. The molecule has 0 aliphatic heterocycles. The molecule has 6 nitrogen and oxygen atoms in total. The van der Waals surface area contributed by atoms with Crippen molar-refractivity contribution in [2.24, 2.45) is 17.3 Å². The minimum atomic E-state index is -0.889. The lowest BCUT2D eigenvalue weighted by atomic mass is 9.83. The van der Waals surface area contributed by atoms with E-state index in [1.54, 1.807) is 6.07 Å². The molecule has 2 amide bonds. The first kappa shape index (κ1) is 31.6. The van der Waals surface area contributed by atoms with Crippen LogP contribution in [0.25, 0.3) is 11.1 Å². The van der Waals surface area contributed by atoms with Crippen LogP contribution in [0.1, 0.15) is 65.4 Å². The topological polar surface area (TPSA) is 95.5 Å². The maximum atomic E-state index is 13.5. The fraction of sp³-hybridized carbons (Fsp3) is 0.500. The van der Waals surface area contributed by atoms with Gasteiger partial charge in [-0.3, -0.25) is 14.4 Å². The first-order valence-electron chi connectivity index (χ1n) is 13.2. The zero-order valence-corrected chi connectivity index (χ0v) is 24.5. The predicted molar refractivity (Wildman–Crippen MR) is 154 cm³/mol. The molecule has 2 rings (SSSR count). The van der Waals surface area contributed by atoms with E-state index in [0.717, 1.165) is 29.5 Å². The Labute approximate surface area is 236 Å². The van der Waals surface area contributed by atoms with E-state index in [2.05, 4.69) is 10.6 Å². The minimum Gasteiger partial charge on any atom is -0.481 e. The third-order valence-electron chi connectivity index (χ3n) is 6.79. The number of aliphatic carboxylic acids is 1. The summed E-state index contributed by atoms with van der Waals surface area (Å²) in [7, 11) is 1.54. The number of carbonyl (C=O) groups excluding carboxylic acids is 2. The van der Waals surface area contributed by atoms with Gasteiger partial charge in [0.25, 0.3) is 0 Å². The average Bonchev–Trinajstić information content (AvgIpc) is 2.85. The largest absolute Gasteiger partial charge is 0.481 e. The van der Waals surface area contributed by atoms with Crippen LogP contribution in [0, 0.1) is 17.3 Å². The summed E-state index contributed by atoms with van der Waals surface area (Å²) >= 11 is 12.3. The van der Waals surface area contributed by atoms with E-state index in [1.165, 1.54) is 7.05 Å². The lowest BCUT2D eigenvalue weighted by molar-refractivity contribution is -0.143. The first-order chi connectivity index (χ1) is 17.8. The van der Waals surface area contributed by atoms with Gasteiger partial charge in [0.05, 0.1) is 5.92 Å². The number of aryl methyl sites for hydroxylation is 1. The summed E-state index contributed by atoms with van der Waals surface area (Å²) in [5, 5.41) is 16.5. The highest BCUT2D eigenvalue weighted by Gasteiger charge is 2.35. The fourth-order valence-electron chi connectivity index (χ4n) is 4.50. The molecule has 0 heterocycles. The van der Waals surface area contributed by atoms with Crippen molar-refractivity contribution in [2.75, 3.05) is 7.05 Å². The zero-order valence-electron chi connectivity index (χ0n) is 22.9. The van der Waals surface area contributed by atoms with Crippen LogP contribution in [0.2, 0.25) is 10.0 Å². The molecule has 0 fully saturated rings. The van der Waals surface area contributed by atoms with E-state index in [9.17, 15) is 19.5 Å². The molecule has 2 aromatic rings. The lowest BCUT2D eigenvalue weighted by Crippen LogP contribution is -2.54. The third-order valence-corrected chi connectivity index (χ3v) is 7.22. The zero-order chi connectivity index (χ0) is 28.5. The smallest absolute Gasteiger partial charge is 0.306 e. The first-order valence-corrected chi connectivity index (χ1v) is 13.9. The van der Waals surface area contributed by atoms with Gasteiger partial charge in [0.15, 0.2) is 0 Å². The Balaban J connectivity index is 2.23. The molecule has 0 radical (unpaired) electrons. The molecular formula is C30H40Cl2N2O4. The molecule has 0 saturated carbocycles. The number of amides is 2. The van der Waals surface area contributed by atoms with Crippen LogP contribution in [0.4, 0.5) is 0 Å². The number of carboxylic acids is 1. The number of hydrogen-bond donors (Lipinski definition) is 3. The summed E-state index contributed by atoms with van der Waals surface area (Å²) in [6, 6.07) is 12.6. The van der Waals surface area contributed by atoms with Gasteiger partial charge in [-0.25, -0.2) is 0 Å². The van der Waals surface area contributed by atoms with Crippen LogP contribution in [0.5, 0.6) is 0 Å². The van der Waals surface area contributed by atoms with E-state index >= 15 is 0 Å². The van der Waals surface area contributed by atoms with E-state index < -0.39 is 29.3 Å². The highest BCUT2D eigenvalue weighted by atomic mass is 35.5. The Morgan fingerprint density at radius 3 is 2.00 bits per heavy atom. The van der Waals surface area contributed by atoms with Crippen LogP contribution in [-0.2, 0) is 20.8 Å². The van der Waals surface area contributed by atoms with Crippen molar-refractivity contribution in [3.8, 4) is 11.1 Å². The average molecular weight is 564 g/mol. The Bertz CT molecular complexity index is 1080. The normalized spacial score (nSPS) is 13.9. The Morgan fingerprint density at radius 1 is 0.895 bits per heavy atom. The molecular weight excluding hydrogens is 523 g/mol. The summed E-state index contributed by atoms with van der Waals surface area (Å²) < 4.78 is 0. The Kier molecular flexibility index (Phi) is 12.1. The number of carboxylic acid groups (broad SMARTS) is 1. The van der Waals surface area contributed by atoms with E-state index in [-0.39, 0.29) is 18.2 Å². The number of unbranched alkanes of at least 4 members (excludes halogenated alkanes) is 1. The van der Waals surface area contributed by atoms with E-state index in [0.29, 0.717) is 29.3 Å². The second-order valence-electron chi connectivity index (χ2n) is 10.9. The molecule has 8 heteroatoms. The maximum Gasteiger partial charge on any atom is 0.306 e. The fourth-order valence-corrected chi connectivity index (χ4v) is 5.02. The number of hydrogen-bond acceptors (Lipinski definition) is 3. The quantitative estimate of drug-likeness (QED) is 0.251. The number of halogens is 2. The standard InChI is InChI=1S/C30H40Cl2N2O4/c1-6-7-8-22(29(37)38)15-21(27(35)34-26(28(36)33-5)30(2,3)4)14-11-19-9-12-20(13-10-19)23-16-24(31)18-25(32)17-23/h9-10,12-13,16-18,21-22,26H,6-8,11,14-15H2,1-5H3,(H,33,36)(H,34,35)(H,37,38)/t21-,22-,26+/m0/s1. The van der Waals surface area contributed by atoms with Crippen LogP contribution in [0.15, 0.2) is 42.5 Å². The molecule has 0 saturated heterocycles. The lowest BCUT2D eigenvalue weighted by Gasteiger charge is -2.31. The number of carbonyl (C=O) groups is 3. The Hall–Kier alpha value is -2.57. The molecule has 38 heavy (non-hydrogen) atoms. The molecule has 0 bridgehead atoms. The van der Waals surface area contributed by atoms with Gasteiger partial charge in [-0.2, -0.15) is 0 Å². The molecule has 0 aromatic heterocycles. The summed E-state index contributed by atoms with van der Waals surface area (Å²) in [6.45, 7) is 7.68. The van der Waals surface area contributed by atoms with Crippen LogP contribution >= 0.6 is 23.2 Å². The van der Waals surface area contributed by atoms with E-state index in [1.807, 2.05) is 64.1 Å². The van der Waals surface area contributed by atoms with Crippen molar-refractivity contribution in [1.82, 2.24) is 10.6 Å². The molecule has 0 unspecified atom stereocenters. The van der Waals surface area contributed by atoms with Gasteiger partial charge in [0.1, 0.15) is 6.04 Å². The second-order valence-corrected chi connectivity index (χ2v) is 11.8. The predicted octanol–water partition coefficient (Wildman–Crippen LogP) is 6.77. The van der Waals surface area contributed by atoms with E-state index in [4.69, 9.17) is 23.2 Å². The van der Waals surface area contributed by atoms with Crippen molar-refractivity contribution in [3.63, 3.8) is 0 Å². The molecule has 2 aromatic carbocycles. The molecule has 0 spiro atoms. The molecule has 208 valence electrons. The van der Waals surface area contributed by atoms with Crippen molar-refractivity contribution in [3.05, 3.63) is 58.1 Å². The van der Waals surface area contributed by atoms with Gasteiger partial charge in [-0.05, 0) is 66.0 Å². The summed E-state index contributed by atoms with van der Waals surface area (Å²) in [6.07, 6.45) is 3.47. The van der Waals surface area contributed by atoms with Gasteiger partial charge >= 0.3 is 5.97 Å². The highest BCUT2D eigenvalue weighted by molar-refractivity contribution is 6.35. The van der Waals surface area contributed by atoms with Crippen LogP contribution in [-0.4, -0.2) is 36.0 Å². The summed E-state index contributed by atoms with van der Waals surface area (Å²) in [5.74, 6) is -2.62. The van der Waals surface area contributed by atoms with Crippen molar-refractivity contribution in [1.29, 1.82) is 0 Å². The van der Waals surface area contributed by atoms with Crippen molar-refractivity contribution in [2.45, 2.75) is 72.3 Å². The molecule has 3 atom stereocenters. The van der Waals surface area contributed by atoms with Crippen LogP contribution < -0.4 is 10.6 Å². The van der Waals surface area contributed by atoms with Gasteiger partial charge in [-0.15, -0.1) is 0 Å². The number of likely N-dealkylation sites (N-methyl/N-ethyl adjacent to an activating group) is 1. The number of rotatable bonds is 13. The van der Waals surface area contributed by atoms with Crippen LogP contribution in [0.3, 0.4) is 0 Å². The number of benzene rings is 2. The molecule has 0 aliphatic carbocycles. The van der Waals surface area contributed by atoms with Gasteiger partial charge < -0.3 is 15.7 Å². The third kappa shape index (κ3) is 9.63. The Morgan fingerprint density at radius 2 is 1.50 bits per heavy atom. The van der Waals surface area contributed by atoms with Gasteiger partial charge in [0, 0.05) is 23.0 Å². The maximum absolute atomic E-state index is 13.5. The number of nitrogens with one attached hydrogen (secondary N) is 2. The van der Waals surface area contributed by atoms with Crippen molar-refractivity contribution >= 4 is 41.0 Å². The summed E-state index contributed by atoms with van der Waals surface area (Å²) in [4.78, 5) is 38.0. The SMILES string of the molecule is CCCC[C@@H](C[C@H](CCc1ccc(-c2cc(Cl)cc(Cl)c2)cc1)C(=O)N[C@H](C(=O)NC)C(C)(C)C)C(=O)O. The van der Waals surface area contributed by atoms with Gasteiger partial charge in [0.2, 0.25) is 11.8 Å². The summed E-state index contributed by atoms with van der Waals surface area (Å²) in [5.41, 5.74) is 2.40. The minimum absolute atomic E-state index is 0.227. The second kappa shape index (κ2) is 14.5. The van der Waals surface area contributed by atoms with Gasteiger partial charge in [-0.1, -0.05) is 88.0 Å². The highest BCUT2D eigenvalue weighted by Crippen LogP contribution is 2.29. The van der Waals surface area contributed by atoms with Crippen molar-refractivity contribution < 1.29 is 19.5 Å².